The molecular weight excluding hydrogens is 503 g/mol. The molecule has 1 saturated heterocycles. The van der Waals surface area contributed by atoms with E-state index in [1.807, 2.05) is 6.92 Å². The van der Waals surface area contributed by atoms with E-state index in [1.165, 1.54) is 20.3 Å². The van der Waals surface area contributed by atoms with Crippen molar-refractivity contribution < 1.29 is 28.6 Å². The summed E-state index contributed by atoms with van der Waals surface area (Å²) in [5, 5.41) is 2.20. The summed E-state index contributed by atoms with van der Waals surface area (Å²) in [7, 11) is 3.02. The van der Waals surface area contributed by atoms with Crippen LogP contribution in [0.1, 0.15) is 12.5 Å². The second-order valence-electron chi connectivity index (χ2n) is 6.12. The monoisotopic (exact) mass is 522 g/mol. The first-order valence-corrected chi connectivity index (χ1v) is 10.0. The number of carbonyl (C=O) groups is 3. The average molecular weight is 522 g/mol. The molecule has 1 heterocycles. The maximum Gasteiger partial charge on any atom is 0.335 e. The molecule has 8 nitrogen and oxygen atoms in total. The van der Waals surface area contributed by atoms with Gasteiger partial charge in [-0.3, -0.25) is 14.9 Å². The number of nitrogens with one attached hydrogen (secondary N) is 1. The zero-order valence-electron chi connectivity index (χ0n) is 16.5. The third kappa shape index (κ3) is 4.25. The Morgan fingerprint density at radius 2 is 1.77 bits per heavy atom. The summed E-state index contributed by atoms with van der Waals surface area (Å²) in [6.07, 6.45) is 1.42. The first-order valence-electron chi connectivity index (χ1n) is 8.95. The number of anilines is 1. The summed E-state index contributed by atoms with van der Waals surface area (Å²) in [6.45, 7) is 2.33. The average Bonchev–Trinajstić information content (AvgIpc) is 2.73. The van der Waals surface area contributed by atoms with Gasteiger partial charge in [-0.05, 0) is 77.6 Å². The number of amides is 4. The molecule has 0 unspecified atom stereocenters. The Hall–Kier alpha value is -3.08. The number of hydrogen-bond donors (Lipinski definition) is 1. The van der Waals surface area contributed by atoms with Crippen molar-refractivity contribution in [1.82, 2.24) is 5.32 Å². The van der Waals surface area contributed by atoms with Crippen LogP contribution < -0.4 is 24.4 Å². The van der Waals surface area contributed by atoms with Gasteiger partial charge in [-0.25, -0.2) is 9.69 Å². The molecule has 3 rings (SSSR count). The van der Waals surface area contributed by atoms with Crippen molar-refractivity contribution in [2.75, 3.05) is 25.7 Å². The first-order chi connectivity index (χ1) is 14.4. The van der Waals surface area contributed by atoms with Crippen LogP contribution in [0.2, 0.25) is 0 Å². The Balaban J connectivity index is 2.01. The topological polar surface area (TPSA) is 94.2 Å². The molecule has 1 N–H and O–H groups in total. The Bertz CT molecular complexity index is 1030. The zero-order chi connectivity index (χ0) is 21.8. The summed E-state index contributed by atoms with van der Waals surface area (Å²) in [4.78, 5) is 38.6. The van der Waals surface area contributed by atoms with Crippen LogP contribution in [0, 0.1) is 3.57 Å². The number of urea groups is 1. The number of ether oxygens (including phenoxy) is 3. The molecule has 1 fully saturated rings. The minimum atomic E-state index is -0.814. The number of carbonyl (C=O) groups excluding carboxylic acids is 3. The number of nitrogens with zero attached hydrogens (tertiary/aromatic N) is 1. The molecule has 0 aliphatic carbocycles. The predicted molar refractivity (Wildman–Crippen MR) is 119 cm³/mol. The van der Waals surface area contributed by atoms with Gasteiger partial charge in [0.25, 0.3) is 11.8 Å². The third-order valence-corrected chi connectivity index (χ3v) is 5.09. The summed E-state index contributed by atoms with van der Waals surface area (Å²) in [6, 6.07) is 8.97. The van der Waals surface area contributed by atoms with Gasteiger partial charge in [-0.1, -0.05) is 0 Å². The van der Waals surface area contributed by atoms with Gasteiger partial charge >= 0.3 is 6.03 Å². The fourth-order valence-electron chi connectivity index (χ4n) is 2.90. The van der Waals surface area contributed by atoms with Gasteiger partial charge in [0.1, 0.15) is 11.3 Å². The molecule has 0 radical (unpaired) electrons. The van der Waals surface area contributed by atoms with Crippen LogP contribution in [0.15, 0.2) is 42.0 Å². The van der Waals surface area contributed by atoms with E-state index in [2.05, 4.69) is 27.9 Å². The Morgan fingerprint density at radius 3 is 2.37 bits per heavy atom. The Morgan fingerprint density at radius 1 is 1.07 bits per heavy atom. The molecule has 2 aromatic carbocycles. The van der Waals surface area contributed by atoms with Crippen LogP contribution in [-0.4, -0.2) is 38.7 Å². The lowest BCUT2D eigenvalue weighted by Gasteiger charge is -2.26. The number of imide groups is 2. The van der Waals surface area contributed by atoms with Gasteiger partial charge in [0.2, 0.25) is 0 Å². The van der Waals surface area contributed by atoms with E-state index >= 15 is 0 Å². The fraction of sp³-hybridized carbons (Fsp3) is 0.190. The molecule has 1 aliphatic heterocycles. The lowest BCUT2D eigenvalue weighted by atomic mass is 10.1. The second-order valence-corrected chi connectivity index (χ2v) is 7.29. The van der Waals surface area contributed by atoms with E-state index in [0.29, 0.717) is 35.1 Å². The van der Waals surface area contributed by atoms with Crippen molar-refractivity contribution in [3.05, 3.63) is 51.1 Å². The molecule has 0 saturated carbocycles. The molecule has 1 aliphatic rings. The van der Waals surface area contributed by atoms with Crippen LogP contribution in [0.4, 0.5) is 10.5 Å². The normalized spacial score (nSPS) is 15.3. The van der Waals surface area contributed by atoms with Crippen molar-refractivity contribution in [1.29, 1.82) is 0 Å². The number of hydrogen-bond acceptors (Lipinski definition) is 6. The minimum absolute atomic E-state index is 0.174. The van der Waals surface area contributed by atoms with Crippen LogP contribution >= 0.6 is 22.6 Å². The SMILES string of the molecule is CCOc1c(I)cc(C=C2C(=O)NC(=O)N(c3ccc(OC)cc3)C2=O)cc1OC. The van der Waals surface area contributed by atoms with E-state index in [-0.39, 0.29) is 5.57 Å². The fourth-order valence-corrected chi connectivity index (χ4v) is 3.68. The van der Waals surface area contributed by atoms with Crippen molar-refractivity contribution >= 4 is 52.2 Å². The highest BCUT2D eigenvalue weighted by Crippen LogP contribution is 2.35. The Labute approximate surface area is 186 Å². The van der Waals surface area contributed by atoms with Crippen molar-refractivity contribution in [3.8, 4) is 17.2 Å². The lowest BCUT2D eigenvalue weighted by molar-refractivity contribution is -0.122. The van der Waals surface area contributed by atoms with Crippen LogP contribution in [0.25, 0.3) is 6.08 Å². The Kier molecular flexibility index (Phi) is 6.60. The smallest absolute Gasteiger partial charge is 0.335 e. The van der Waals surface area contributed by atoms with Gasteiger partial charge in [0.05, 0.1) is 30.1 Å². The highest BCUT2D eigenvalue weighted by Gasteiger charge is 2.36. The quantitative estimate of drug-likeness (QED) is 0.355. The summed E-state index contributed by atoms with van der Waals surface area (Å²) in [5.41, 5.74) is 0.699. The molecule has 0 aromatic heterocycles. The number of benzene rings is 2. The van der Waals surface area contributed by atoms with Crippen molar-refractivity contribution in [2.24, 2.45) is 0 Å². The van der Waals surface area contributed by atoms with E-state index in [4.69, 9.17) is 14.2 Å². The molecule has 156 valence electrons. The highest BCUT2D eigenvalue weighted by atomic mass is 127. The van der Waals surface area contributed by atoms with Gasteiger partial charge in [-0.2, -0.15) is 0 Å². The van der Waals surface area contributed by atoms with Crippen molar-refractivity contribution in [2.45, 2.75) is 6.92 Å². The number of barbiturate groups is 1. The minimum Gasteiger partial charge on any atom is -0.497 e. The maximum atomic E-state index is 13.0. The third-order valence-electron chi connectivity index (χ3n) is 4.28. The summed E-state index contributed by atoms with van der Waals surface area (Å²) >= 11 is 2.09. The van der Waals surface area contributed by atoms with Gasteiger partial charge in [0, 0.05) is 0 Å². The number of methoxy groups -OCH3 is 2. The molecule has 4 amide bonds. The summed E-state index contributed by atoms with van der Waals surface area (Å²) in [5.74, 6) is 0.139. The van der Waals surface area contributed by atoms with Crippen molar-refractivity contribution in [3.63, 3.8) is 0 Å². The largest absolute Gasteiger partial charge is 0.497 e. The molecule has 9 heteroatoms. The number of rotatable bonds is 6. The van der Waals surface area contributed by atoms with Gasteiger partial charge in [-0.15, -0.1) is 0 Å². The first kappa shape index (κ1) is 21.6. The standard InChI is InChI=1S/C21H19IN2O6/c1-4-30-18-16(22)10-12(11-17(18)29-3)9-15-19(25)23-21(27)24(20(15)26)13-5-7-14(28-2)8-6-13/h5-11H,4H2,1-3H3,(H,23,25,27). The lowest BCUT2D eigenvalue weighted by Crippen LogP contribution is -2.54. The molecule has 30 heavy (non-hydrogen) atoms. The molecule has 0 spiro atoms. The molecule has 0 atom stereocenters. The van der Waals surface area contributed by atoms with E-state index in [1.54, 1.807) is 36.4 Å². The van der Waals surface area contributed by atoms with Gasteiger partial charge in [0.15, 0.2) is 11.5 Å². The van der Waals surface area contributed by atoms with Crippen LogP contribution in [-0.2, 0) is 9.59 Å². The number of halogens is 1. The van der Waals surface area contributed by atoms with E-state index < -0.39 is 17.8 Å². The molecule has 0 bridgehead atoms. The van der Waals surface area contributed by atoms with Crippen LogP contribution in [0.5, 0.6) is 17.2 Å². The maximum absolute atomic E-state index is 13.0. The zero-order valence-corrected chi connectivity index (χ0v) is 18.7. The summed E-state index contributed by atoms with van der Waals surface area (Å²) < 4.78 is 16.8. The van der Waals surface area contributed by atoms with Crippen LogP contribution in [0.3, 0.4) is 0 Å². The predicted octanol–water partition coefficient (Wildman–Crippen LogP) is 3.37. The van der Waals surface area contributed by atoms with E-state index in [0.717, 1.165) is 8.47 Å². The van der Waals surface area contributed by atoms with Gasteiger partial charge < -0.3 is 14.2 Å². The molecular formula is C21H19IN2O6. The highest BCUT2D eigenvalue weighted by molar-refractivity contribution is 14.1. The van der Waals surface area contributed by atoms with E-state index in [9.17, 15) is 14.4 Å². The second kappa shape index (κ2) is 9.16. The molecule has 2 aromatic rings.